The summed E-state index contributed by atoms with van der Waals surface area (Å²) in [5.41, 5.74) is 0. The third-order valence-electron chi connectivity index (χ3n) is 1.81. The molecule has 1 aliphatic rings. The van der Waals surface area contributed by atoms with Crippen LogP contribution in [0.4, 0.5) is 4.39 Å². The van der Waals surface area contributed by atoms with Crippen molar-refractivity contribution in [2.45, 2.75) is 25.4 Å². The fourth-order valence-corrected chi connectivity index (χ4v) is 1.23. The average molecular weight is 219 g/mol. The second kappa shape index (κ2) is 5.81. The number of halogens is 2. The highest BCUT2D eigenvalue weighted by molar-refractivity contribution is 6.17. The molecule has 0 spiro atoms. The van der Waals surface area contributed by atoms with Crippen LogP contribution < -0.4 is 0 Å². The van der Waals surface area contributed by atoms with Crippen molar-refractivity contribution in [3.05, 3.63) is 24.1 Å². The molecule has 0 radical (unpaired) electrons. The van der Waals surface area contributed by atoms with Crippen LogP contribution in [0.2, 0.25) is 0 Å². The molecule has 0 N–H and O–H groups in total. The summed E-state index contributed by atoms with van der Waals surface area (Å²) in [6.45, 7) is 0. The zero-order valence-corrected chi connectivity index (χ0v) is 8.47. The Kier molecular flexibility index (Phi) is 4.66. The van der Waals surface area contributed by atoms with E-state index in [1.165, 1.54) is 12.2 Å². The van der Waals surface area contributed by atoms with Gasteiger partial charge in [0.2, 0.25) is 0 Å². The lowest BCUT2D eigenvalue weighted by Crippen LogP contribution is -2.16. The van der Waals surface area contributed by atoms with Gasteiger partial charge in [-0.05, 0) is 24.6 Å². The largest absolute Gasteiger partial charge is 0.458 e. The van der Waals surface area contributed by atoms with Crippen molar-refractivity contribution in [3.8, 4) is 0 Å². The number of esters is 1. The number of allylic oxidation sites excluding steroid dienone is 2. The summed E-state index contributed by atoms with van der Waals surface area (Å²) in [5.74, 6) is -0.113. The van der Waals surface area contributed by atoms with Gasteiger partial charge in [-0.15, -0.1) is 11.6 Å². The molecule has 0 saturated heterocycles. The molecular weight excluding hydrogens is 207 g/mol. The zero-order chi connectivity index (χ0) is 10.4. The van der Waals surface area contributed by atoms with Crippen LogP contribution in [0.3, 0.4) is 0 Å². The minimum absolute atomic E-state index is 0.280. The first-order chi connectivity index (χ1) is 6.72. The van der Waals surface area contributed by atoms with E-state index in [1.807, 2.05) is 0 Å². The van der Waals surface area contributed by atoms with Gasteiger partial charge in [0.15, 0.2) is 0 Å². The van der Waals surface area contributed by atoms with E-state index in [0.717, 1.165) is 0 Å². The first kappa shape index (κ1) is 11.2. The van der Waals surface area contributed by atoms with Crippen molar-refractivity contribution in [2.24, 2.45) is 0 Å². The molecule has 0 heterocycles. The van der Waals surface area contributed by atoms with E-state index in [1.54, 1.807) is 6.08 Å². The molecule has 0 aromatic carbocycles. The first-order valence-corrected chi connectivity index (χ1v) is 5.05. The lowest BCUT2D eigenvalue weighted by atomic mass is 10.1. The Balaban J connectivity index is 2.26. The van der Waals surface area contributed by atoms with Gasteiger partial charge < -0.3 is 4.74 Å². The van der Waals surface area contributed by atoms with Gasteiger partial charge in [-0.25, -0.2) is 4.39 Å². The van der Waals surface area contributed by atoms with Crippen LogP contribution in [0, 0.1) is 0 Å². The number of carbonyl (C=O) groups excluding carboxylic acids is 1. The fraction of sp³-hybridized carbons (Fsp3) is 0.500. The molecule has 1 aliphatic carbocycles. The fourth-order valence-electron chi connectivity index (χ4n) is 1.10. The Morgan fingerprint density at radius 3 is 3.07 bits per heavy atom. The summed E-state index contributed by atoms with van der Waals surface area (Å²) in [6.07, 6.45) is 5.28. The minimum atomic E-state index is -0.322. The molecule has 1 rings (SSSR count). The smallest absolute Gasteiger partial charge is 0.306 e. The maximum Gasteiger partial charge on any atom is 0.306 e. The van der Waals surface area contributed by atoms with Gasteiger partial charge in [0.1, 0.15) is 11.9 Å². The molecule has 0 amide bonds. The minimum Gasteiger partial charge on any atom is -0.458 e. The molecule has 1 atom stereocenters. The van der Waals surface area contributed by atoms with Crippen molar-refractivity contribution < 1.29 is 13.9 Å². The van der Waals surface area contributed by atoms with Crippen LogP contribution in [-0.4, -0.2) is 18.0 Å². The van der Waals surface area contributed by atoms with Crippen LogP contribution in [0.5, 0.6) is 0 Å². The standard InChI is InChI=1S/C10H12ClFO2/c11-7-1-2-10(13)14-9-5-3-8(12)4-6-9/h3-5,9H,1-2,6-7H2. The molecule has 0 fully saturated rings. The van der Waals surface area contributed by atoms with E-state index in [9.17, 15) is 9.18 Å². The van der Waals surface area contributed by atoms with Crippen molar-refractivity contribution in [1.29, 1.82) is 0 Å². The molecule has 0 aromatic heterocycles. The second-order valence-electron chi connectivity index (χ2n) is 3.00. The van der Waals surface area contributed by atoms with Crippen LogP contribution >= 0.6 is 11.6 Å². The average Bonchev–Trinajstić information content (AvgIpc) is 2.18. The van der Waals surface area contributed by atoms with Crippen LogP contribution in [0.25, 0.3) is 0 Å². The van der Waals surface area contributed by atoms with Crippen LogP contribution in [0.15, 0.2) is 24.1 Å². The van der Waals surface area contributed by atoms with Gasteiger partial charge in [-0.3, -0.25) is 4.79 Å². The molecule has 2 nitrogen and oxygen atoms in total. The van der Waals surface area contributed by atoms with Gasteiger partial charge in [0.05, 0.1) is 0 Å². The van der Waals surface area contributed by atoms with Gasteiger partial charge in [-0.1, -0.05) is 0 Å². The first-order valence-electron chi connectivity index (χ1n) is 4.51. The third kappa shape index (κ3) is 3.92. The normalized spacial score (nSPS) is 20.4. The molecule has 0 bridgehead atoms. The topological polar surface area (TPSA) is 26.3 Å². The maximum absolute atomic E-state index is 12.5. The van der Waals surface area contributed by atoms with Gasteiger partial charge in [0, 0.05) is 18.7 Å². The highest BCUT2D eigenvalue weighted by Crippen LogP contribution is 2.14. The molecule has 78 valence electrons. The van der Waals surface area contributed by atoms with E-state index < -0.39 is 0 Å². The predicted octanol–water partition coefficient (Wildman–Crippen LogP) is 2.73. The highest BCUT2D eigenvalue weighted by Gasteiger charge is 2.13. The summed E-state index contributed by atoms with van der Waals surface area (Å²) < 4.78 is 17.6. The highest BCUT2D eigenvalue weighted by atomic mass is 35.5. The zero-order valence-electron chi connectivity index (χ0n) is 7.71. The lowest BCUT2D eigenvalue weighted by Gasteiger charge is -2.14. The summed E-state index contributed by atoms with van der Waals surface area (Å²) in [7, 11) is 0. The quantitative estimate of drug-likeness (QED) is 0.536. The predicted molar refractivity (Wildman–Crippen MR) is 52.8 cm³/mol. The van der Waals surface area contributed by atoms with E-state index in [0.29, 0.717) is 25.1 Å². The monoisotopic (exact) mass is 218 g/mol. The number of hydrogen-bond acceptors (Lipinski definition) is 2. The Morgan fingerprint density at radius 1 is 1.71 bits per heavy atom. The summed E-state index contributed by atoms with van der Waals surface area (Å²) in [6, 6.07) is 0. The maximum atomic E-state index is 12.5. The van der Waals surface area contributed by atoms with Crippen molar-refractivity contribution in [2.75, 3.05) is 5.88 Å². The van der Waals surface area contributed by atoms with E-state index in [-0.39, 0.29) is 17.9 Å². The van der Waals surface area contributed by atoms with E-state index >= 15 is 0 Å². The number of alkyl halides is 1. The number of carbonyl (C=O) groups is 1. The molecule has 0 aromatic rings. The SMILES string of the molecule is O=C(CCCCl)OC1C=CC(F)=CC1. The second-order valence-corrected chi connectivity index (χ2v) is 3.38. The van der Waals surface area contributed by atoms with Crippen molar-refractivity contribution >= 4 is 17.6 Å². The van der Waals surface area contributed by atoms with Gasteiger partial charge >= 0.3 is 5.97 Å². The number of rotatable bonds is 4. The molecule has 0 saturated carbocycles. The summed E-state index contributed by atoms with van der Waals surface area (Å²) >= 11 is 5.43. The Bertz CT molecular complexity index is 261. The van der Waals surface area contributed by atoms with Gasteiger partial charge in [0.25, 0.3) is 0 Å². The van der Waals surface area contributed by atoms with Crippen molar-refractivity contribution in [1.82, 2.24) is 0 Å². The van der Waals surface area contributed by atoms with Crippen molar-refractivity contribution in [3.63, 3.8) is 0 Å². The Labute approximate surface area is 87.4 Å². The molecule has 4 heteroatoms. The van der Waals surface area contributed by atoms with E-state index in [4.69, 9.17) is 16.3 Å². The molecule has 14 heavy (non-hydrogen) atoms. The molecule has 0 aliphatic heterocycles. The van der Waals surface area contributed by atoms with Gasteiger partial charge in [-0.2, -0.15) is 0 Å². The number of ether oxygens (including phenoxy) is 1. The third-order valence-corrected chi connectivity index (χ3v) is 2.08. The summed E-state index contributed by atoms with van der Waals surface area (Å²) in [5, 5.41) is 0. The molecule has 1 unspecified atom stereocenters. The Hall–Kier alpha value is -0.830. The van der Waals surface area contributed by atoms with Crippen LogP contribution in [0.1, 0.15) is 19.3 Å². The summed E-state index contributed by atoms with van der Waals surface area (Å²) in [4.78, 5) is 11.1. The molecular formula is C10H12ClFO2. The lowest BCUT2D eigenvalue weighted by molar-refractivity contribution is -0.146. The Morgan fingerprint density at radius 2 is 2.50 bits per heavy atom. The van der Waals surface area contributed by atoms with Crippen LogP contribution in [-0.2, 0) is 9.53 Å². The number of hydrogen-bond donors (Lipinski definition) is 0. The van der Waals surface area contributed by atoms with E-state index in [2.05, 4.69) is 0 Å².